The normalized spacial score (nSPS) is 23.1. The maximum atomic E-state index is 12.4. The highest BCUT2D eigenvalue weighted by Crippen LogP contribution is 2.18. The number of nitrogens with zero attached hydrogens (tertiary/aromatic N) is 1. The summed E-state index contributed by atoms with van der Waals surface area (Å²) in [6.45, 7) is 12.8. The summed E-state index contributed by atoms with van der Waals surface area (Å²) in [6, 6.07) is -0.808. The van der Waals surface area contributed by atoms with Crippen molar-refractivity contribution in [1.82, 2.24) is 10.2 Å². The third-order valence-corrected chi connectivity index (χ3v) is 3.37. The van der Waals surface area contributed by atoms with E-state index in [4.69, 9.17) is 4.74 Å². The maximum absolute atomic E-state index is 12.4. The molecule has 1 N–H and O–H groups in total. The van der Waals surface area contributed by atoms with Crippen molar-refractivity contribution >= 4 is 11.8 Å². The summed E-state index contributed by atoms with van der Waals surface area (Å²) >= 11 is 0. The van der Waals surface area contributed by atoms with Crippen LogP contribution in [0.2, 0.25) is 0 Å². The van der Waals surface area contributed by atoms with Crippen LogP contribution in [0.25, 0.3) is 0 Å². The van der Waals surface area contributed by atoms with Crippen LogP contribution in [0, 0.1) is 5.92 Å². The van der Waals surface area contributed by atoms with Crippen LogP contribution < -0.4 is 5.32 Å². The molecule has 5 nitrogen and oxygen atoms in total. The summed E-state index contributed by atoms with van der Waals surface area (Å²) in [6.07, 6.45) is 0.610. The third kappa shape index (κ3) is 4.07. The number of carbonyl (C=O) groups excluding carboxylic acids is 2. The molecule has 0 aromatic heterocycles. The maximum Gasteiger partial charge on any atom is 0.245 e. The van der Waals surface area contributed by atoms with Gasteiger partial charge in [0.15, 0.2) is 0 Å². The summed E-state index contributed by atoms with van der Waals surface area (Å²) in [5.41, 5.74) is 0.944. The molecule has 0 aromatic carbocycles. The van der Waals surface area contributed by atoms with E-state index >= 15 is 0 Å². The van der Waals surface area contributed by atoms with Gasteiger partial charge in [0.2, 0.25) is 11.8 Å². The van der Waals surface area contributed by atoms with Gasteiger partial charge in [-0.25, -0.2) is 0 Å². The van der Waals surface area contributed by atoms with Crippen molar-refractivity contribution in [1.29, 1.82) is 0 Å². The van der Waals surface area contributed by atoms with Crippen LogP contribution in [0.5, 0.6) is 0 Å². The molecule has 0 bridgehead atoms. The summed E-state index contributed by atoms with van der Waals surface area (Å²) in [5.74, 6) is 0.00831. The minimum atomic E-state index is -0.404. The Kier molecular flexibility index (Phi) is 6.20. The first kappa shape index (κ1) is 16.7. The lowest BCUT2D eigenvalue weighted by Crippen LogP contribution is -2.65. The van der Waals surface area contributed by atoms with E-state index < -0.39 is 12.1 Å². The van der Waals surface area contributed by atoms with Crippen LogP contribution in [0.3, 0.4) is 0 Å². The second kappa shape index (κ2) is 7.43. The Morgan fingerprint density at radius 3 is 2.60 bits per heavy atom. The highest BCUT2D eigenvalue weighted by Gasteiger charge is 2.40. The van der Waals surface area contributed by atoms with Gasteiger partial charge in [-0.05, 0) is 19.3 Å². The number of piperazine rings is 1. The van der Waals surface area contributed by atoms with Gasteiger partial charge in [0.05, 0.1) is 13.2 Å². The van der Waals surface area contributed by atoms with Gasteiger partial charge in [-0.1, -0.05) is 32.9 Å². The predicted molar refractivity (Wildman–Crippen MR) is 78.2 cm³/mol. The van der Waals surface area contributed by atoms with Gasteiger partial charge in [-0.15, -0.1) is 0 Å². The lowest BCUT2D eigenvalue weighted by atomic mass is 9.96. The van der Waals surface area contributed by atoms with Gasteiger partial charge < -0.3 is 15.0 Å². The van der Waals surface area contributed by atoms with Crippen LogP contribution in [0.15, 0.2) is 12.2 Å². The SMILES string of the molecule is C=C(C)COCCN1C(=O)C(CC)NC(=O)C1C(C)C. The first-order valence-electron chi connectivity index (χ1n) is 7.21. The Hall–Kier alpha value is -1.36. The Labute approximate surface area is 121 Å². The number of nitrogens with one attached hydrogen (secondary N) is 1. The van der Waals surface area contributed by atoms with Gasteiger partial charge in [0.25, 0.3) is 0 Å². The second-order valence-corrected chi connectivity index (χ2v) is 5.70. The van der Waals surface area contributed by atoms with Crippen LogP contribution in [-0.4, -0.2) is 48.6 Å². The molecule has 2 atom stereocenters. The first-order chi connectivity index (χ1) is 9.38. The quantitative estimate of drug-likeness (QED) is 0.566. The molecule has 1 rings (SSSR count). The minimum Gasteiger partial charge on any atom is -0.375 e. The van der Waals surface area contributed by atoms with Crippen LogP contribution in [-0.2, 0) is 14.3 Å². The Morgan fingerprint density at radius 2 is 2.10 bits per heavy atom. The lowest BCUT2D eigenvalue weighted by Gasteiger charge is -2.40. The molecule has 0 aromatic rings. The van der Waals surface area contributed by atoms with Crippen molar-refractivity contribution in [3.05, 3.63) is 12.2 Å². The number of ether oxygens (including phenoxy) is 1. The molecule has 2 unspecified atom stereocenters. The molecular weight excluding hydrogens is 256 g/mol. The van der Waals surface area contributed by atoms with E-state index in [2.05, 4.69) is 11.9 Å². The number of carbonyl (C=O) groups is 2. The molecular formula is C15H26N2O3. The van der Waals surface area contributed by atoms with Crippen molar-refractivity contribution in [3.8, 4) is 0 Å². The summed E-state index contributed by atoms with van der Waals surface area (Å²) in [7, 11) is 0. The second-order valence-electron chi connectivity index (χ2n) is 5.70. The van der Waals surface area contributed by atoms with E-state index in [1.165, 1.54) is 0 Å². The first-order valence-corrected chi connectivity index (χ1v) is 7.21. The molecule has 1 saturated heterocycles. The summed E-state index contributed by atoms with van der Waals surface area (Å²) < 4.78 is 5.45. The molecule has 0 radical (unpaired) electrons. The standard InChI is InChI=1S/C15H26N2O3/c1-6-12-15(19)17(7-8-20-9-10(2)3)13(11(4)5)14(18)16-12/h11-13H,2,6-9H2,1,3-5H3,(H,16,18). The molecule has 5 heteroatoms. The molecule has 0 saturated carbocycles. The Balaban J connectivity index is 2.70. The topological polar surface area (TPSA) is 58.6 Å². The molecule has 20 heavy (non-hydrogen) atoms. The average molecular weight is 282 g/mol. The molecule has 1 aliphatic rings. The minimum absolute atomic E-state index is 0.00951. The molecule has 1 aliphatic heterocycles. The van der Waals surface area contributed by atoms with E-state index in [1.807, 2.05) is 27.7 Å². The van der Waals surface area contributed by atoms with Gasteiger partial charge in [-0.3, -0.25) is 9.59 Å². The highest BCUT2D eigenvalue weighted by molar-refractivity contribution is 5.97. The number of hydrogen-bond donors (Lipinski definition) is 1. The fourth-order valence-electron chi connectivity index (χ4n) is 2.40. The van der Waals surface area contributed by atoms with Gasteiger partial charge in [0.1, 0.15) is 12.1 Å². The number of rotatable bonds is 7. The zero-order valence-corrected chi connectivity index (χ0v) is 12.9. The van der Waals surface area contributed by atoms with E-state index in [0.717, 1.165) is 5.57 Å². The highest BCUT2D eigenvalue weighted by atomic mass is 16.5. The molecule has 1 fully saturated rings. The van der Waals surface area contributed by atoms with E-state index in [0.29, 0.717) is 26.2 Å². The van der Waals surface area contributed by atoms with Gasteiger partial charge in [-0.2, -0.15) is 0 Å². The Morgan fingerprint density at radius 1 is 1.45 bits per heavy atom. The van der Waals surface area contributed by atoms with Gasteiger partial charge in [0, 0.05) is 6.54 Å². The van der Waals surface area contributed by atoms with E-state index in [9.17, 15) is 9.59 Å². The number of amides is 2. The van der Waals surface area contributed by atoms with Gasteiger partial charge >= 0.3 is 0 Å². The number of hydrogen-bond acceptors (Lipinski definition) is 3. The third-order valence-electron chi connectivity index (χ3n) is 3.37. The monoisotopic (exact) mass is 282 g/mol. The molecule has 1 heterocycles. The predicted octanol–water partition coefficient (Wildman–Crippen LogP) is 1.34. The fraction of sp³-hybridized carbons (Fsp3) is 0.733. The molecule has 2 amide bonds. The van der Waals surface area contributed by atoms with Crippen molar-refractivity contribution in [3.63, 3.8) is 0 Å². The van der Waals surface area contributed by atoms with Crippen molar-refractivity contribution < 1.29 is 14.3 Å². The van der Waals surface area contributed by atoms with Crippen molar-refractivity contribution in [2.24, 2.45) is 5.92 Å². The van der Waals surface area contributed by atoms with Crippen molar-refractivity contribution in [2.45, 2.75) is 46.2 Å². The fourth-order valence-corrected chi connectivity index (χ4v) is 2.40. The molecule has 0 spiro atoms. The zero-order chi connectivity index (χ0) is 15.3. The molecule has 114 valence electrons. The lowest BCUT2D eigenvalue weighted by molar-refractivity contribution is -0.152. The van der Waals surface area contributed by atoms with E-state index in [1.54, 1.807) is 4.90 Å². The zero-order valence-electron chi connectivity index (χ0n) is 12.9. The van der Waals surface area contributed by atoms with Crippen LogP contribution >= 0.6 is 0 Å². The van der Waals surface area contributed by atoms with E-state index in [-0.39, 0.29) is 17.7 Å². The molecule has 0 aliphatic carbocycles. The summed E-state index contributed by atoms with van der Waals surface area (Å²) in [5, 5.41) is 2.80. The largest absolute Gasteiger partial charge is 0.375 e. The smallest absolute Gasteiger partial charge is 0.245 e. The van der Waals surface area contributed by atoms with Crippen molar-refractivity contribution in [2.75, 3.05) is 19.8 Å². The van der Waals surface area contributed by atoms with Crippen LogP contribution in [0.4, 0.5) is 0 Å². The van der Waals surface area contributed by atoms with Crippen LogP contribution in [0.1, 0.15) is 34.1 Å². The summed E-state index contributed by atoms with van der Waals surface area (Å²) in [4.78, 5) is 26.2. The average Bonchev–Trinajstić information content (AvgIpc) is 2.36. The Bertz CT molecular complexity index is 379.